The fourth-order valence-corrected chi connectivity index (χ4v) is 5.96. The lowest BCUT2D eigenvalue weighted by Gasteiger charge is -2.12. The Labute approximate surface area is 224 Å². The minimum absolute atomic E-state index is 0.309. The fourth-order valence-electron chi connectivity index (χ4n) is 5.11. The van der Waals surface area contributed by atoms with Gasteiger partial charge in [-0.25, -0.2) is 14.8 Å². The Morgan fingerprint density at radius 2 is 1.79 bits per heavy atom. The van der Waals surface area contributed by atoms with Crippen molar-refractivity contribution in [3.8, 4) is 22.4 Å². The summed E-state index contributed by atoms with van der Waals surface area (Å²) in [4.78, 5) is 22.6. The molecule has 6 rings (SSSR count). The maximum absolute atomic E-state index is 11.7. The van der Waals surface area contributed by atoms with E-state index in [1.54, 1.807) is 23.5 Å². The molecule has 190 valence electrons. The van der Waals surface area contributed by atoms with Gasteiger partial charge in [0.25, 0.3) is 0 Å². The van der Waals surface area contributed by atoms with Gasteiger partial charge >= 0.3 is 5.97 Å². The molecule has 0 bridgehead atoms. The number of aryl methyl sites for hydroxylation is 3. The Morgan fingerprint density at radius 1 is 1.00 bits per heavy atom. The molecular weight excluding hydrogens is 492 g/mol. The minimum atomic E-state index is -0.919. The highest BCUT2D eigenvalue weighted by Gasteiger charge is 2.17. The Balaban J connectivity index is 1.40. The fraction of sp³-hybridized carbons (Fsp3) is 0.194. The normalized spacial score (nSPS) is 11.6. The summed E-state index contributed by atoms with van der Waals surface area (Å²) < 4.78 is 4.46. The first-order valence-corrected chi connectivity index (χ1v) is 13.7. The van der Waals surface area contributed by atoms with Crippen LogP contribution >= 0.6 is 11.3 Å². The highest BCUT2D eigenvalue weighted by molar-refractivity contribution is 7.15. The molecule has 7 heteroatoms. The molecule has 0 aliphatic carbocycles. The summed E-state index contributed by atoms with van der Waals surface area (Å²) in [5.41, 5.74) is 9.59. The van der Waals surface area contributed by atoms with E-state index in [0.29, 0.717) is 12.1 Å². The molecule has 0 atom stereocenters. The first kappa shape index (κ1) is 24.1. The molecule has 0 saturated heterocycles. The van der Waals surface area contributed by atoms with Crippen LogP contribution in [0.5, 0.6) is 0 Å². The van der Waals surface area contributed by atoms with Crippen LogP contribution in [0.4, 0.5) is 0 Å². The van der Waals surface area contributed by atoms with Crippen molar-refractivity contribution in [1.82, 2.24) is 18.9 Å². The maximum atomic E-state index is 11.7. The average molecular weight is 521 g/mol. The number of rotatable bonds is 7. The maximum Gasteiger partial charge on any atom is 0.336 e. The van der Waals surface area contributed by atoms with Gasteiger partial charge in [0.15, 0.2) is 4.96 Å². The zero-order chi connectivity index (χ0) is 26.4. The second kappa shape index (κ2) is 9.58. The number of aromatic carboxylic acids is 1. The number of carboxylic acid groups (broad SMARTS) is 1. The molecule has 0 unspecified atom stereocenters. The third-order valence-electron chi connectivity index (χ3n) is 7.04. The summed E-state index contributed by atoms with van der Waals surface area (Å²) in [5.74, 6) is 0.155. The van der Waals surface area contributed by atoms with Crippen molar-refractivity contribution in [1.29, 1.82) is 0 Å². The van der Waals surface area contributed by atoms with Crippen molar-refractivity contribution in [2.24, 2.45) is 0 Å². The van der Waals surface area contributed by atoms with Crippen molar-refractivity contribution >= 4 is 33.3 Å². The Kier molecular flexibility index (Phi) is 6.08. The number of benzene rings is 3. The zero-order valence-electron chi connectivity index (χ0n) is 21.6. The van der Waals surface area contributed by atoms with E-state index in [-0.39, 0.29) is 0 Å². The van der Waals surface area contributed by atoms with Crippen LogP contribution in [0.15, 0.2) is 72.2 Å². The Hall–Kier alpha value is -4.23. The van der Waals surface area contributed by atoms with Crippen LogP contribution in [-0.2, 0) is 13.0 Å². The van der Waals surface area contributed by atoms with Crippen LogP contribution in [0.1, 0.15) is 46.3 Å². The number of imidazole rings is 2. The summed E-state index contributed by atoms with van der Waals surface area (Å²) in [7, 11) is 0. The van der Waals surface area contributed by atoms with Crippen LogP contribution in [-0.4, -0.2) is 30.0 Å². The molecule has 6 aromatic rings. The van der Waals surface area contributed by atoms with E-state index in [0.717, 1.165) is 68.2 Å². The third-order valence-corrected chi connectivity index (χ3v) is 8.00. The van der Waals surface area contributed by atoms with E-state index in [4.69, 9.17) is 9.97 Å². The van der Waals surface area contributed by atoms with E-state index in [1.807, 2.05) is 24.3 Å². The van der Waals surface area contributed by atoms with Crippen molar-refractivity contribution in [3.05, 3.63) is 100 Å². The summed E-state index contributed by atoms with van der Waals surface area (Å²) >= 11 is 1.66. The van der Waals surface area contributed by atoms with Crippen LogP contribution in [0, 0.1) is 13.8 Å². The van der Waals surface area contributed by atoms with Gasteiger partial charge in [-0.15, -0.1) is 11.3 Å². The van der Waals surface area contributed by atoms with Crippen LogP contribution in [0.3, 0.4) is 0 Å². The first-order valence-electron chi connectivity index (χ1n) is 12.8. The Bertz CT molecular complexity index is 1810. The molecule has 0 radical (unpaired) electrons. The first-order chi connectivity index (χ1) is 18.4. The van der Waals surface area contributed by atoms with Crippen molar-refractivity contribution in [3.63, 3.8) is 0 Å². The molecule has 1 N–H and O–H groups in total. The van der Waals surface area contributed by atoms with Crippen molar-refractivity contribution in [2.45, 2.75) is 40.2 Å². The number of hydrogen-bond acceptors (Lipinski definition) is 4. The number of carbonyl (C=O) groups is 1. The lowest BCUT2D eigenvalue weighted by molar-refractivity contribution is 0.0697. The van der Waals surface area contributed by atoms with E-state index >= 15 is 0 Å². The Morgan fingerprint density at radius 3 is 2.53 bits per heavy atom. The topological polar surface area (TPSA) is 72.4 Å². The molecule has 0 fully saturated rings. The quantitative estimate of drug-likeness (QED) is 0.238. The van der Waals surface area contributed by atoms with Crippen LogP contribution in [0.25, 0.3) is 38.4 Å². The zero-order valence-corrected chi connectivity index (χ0v) is 22.4. The average Bonchev–Trinajstić information content (AvgIpc) is 3.60. The van der Waals surface area contributed by atoms with Crippen molar-refractivity contribution in [2.75, 3.05) is 0 Å². The number of fused-ring (bicyclic) bond motifs is 2. The lowest BCUT2D eigenvalue weighted by Crippen LogP contribution is -2.05. The van der Waals surface area contributed by atoms with Gasteiger partial charge in [-0.3, -0.25) is 4.40 Å². The molecule has 3 aromatic carbocycles. The number of carboxylic acids is 1. The molecule has 0 spiro atoms. The van der Waals surface area contributed by atoms with E-state index in [9.17, 15) is 9.90 Å². The monoisotopic (exact) mass is 520 g/mol. The molecule has 0 amide bonds. The molecule has 38 heavy (non-hydrogen) atoms. The van der Waals surface area contributed by atoms with Gasteiger partial charge in [0, 0.05) is 35.8 Å². The predicted octanol–water partition coefficient (Wildman–Crippen LogP) is 7.40. The van der Waals surface area contributed by atoms with Gasteiger partial charge in [-0.05, 0) is 60.7 Å². The van der Waals surface area contributed by atoms with Crippen LogP contribution < -0.4 is 0 Å². The molecule has 0 aliphatic heterocycles. The number of hydrogen-bond donors (Lipinski definition) is 1. The second-order valence-electron chi connectivity index (χ2n) is 9.73. The molecule has 6 nitrogen and oxygen atoms in total. The summed E-state index contributed by atoms with van der Waals surface area (Å²) in [5, 5.41) is 11.7. The summed E-state index contributed by atoms with van der Waals surface area (Å²) in [6.45, 7) is 7.09. The van der Waals surface area contributed by atoms with E-state index in [2.05, 4.69) is 65.6 Å². The molecule has 3 heterocycles. The second-order valence-corrected chi connectivity index (χ2v) is 10.6. The third kappa shape index (κ3) is 4.19. The van der Waals surface area contributed by atoms with Crippen molar-refractivity contribution < 1.29 is 9.90 Å². The molecular formula is C31H28N4O2S. The summed E-state index contributed by atoms with van der Waals surface area (Å²) in [6.07, 6.45) is 4.02. The molecule has 3 aromatic heterocycles. The highest BCUT2D eigenvalue weighted by Crippen LogP contribution is 2.31. The van der Waals surface area contributed by atoms with Gasteiger partial charge in [0.2, 0.25) is 0 Å². The number of aromatic nitrogens is 4. The van der Waals surface area contributed by atoms with Gasteiger partial charge in [-0.2, -0.15) is 0 Å². The minimum Gasteiger partial charge on any atom is -0.478 e. The van der Waals surface area contributed by atoms with E-state index in [1.165, 1.54) is 5.69 Å². The number of thiazole rings is 1. The van der Waals surface area contributed by atoms with Crippen LogP contribution in [0.2, 0.25) is 0 Å². The lowest BCUT2D eigenvalue weighted by atomic mass is 9.98. The van der Waals surface area contributed by atoms with Gasteiger partial charge in [0.1, 0.15) is 5.82 Å². The highest BCUT2D eigenvalue weighted by atomic mass is 32.1. The summed E-state index contributed by atoms with van der Waals surface area (Å²) in [6, 6.07) is 19.7. The predicted molar refractivity (Wildman–Crippen MR) is 153 cm³/mol. The van der Waals surface area contributed by atoms with Gasteiger partial charge in [-0.1, -0.05) is 49.4 Å². The van der Waals surface area contributed by atoms with Gasteiger partial charge in [0.05, 0.1) is 22.3 Å². The molecule has 0 aliphatic rings. The standard InChI is InChI=1S/C31H28N4O2S/c1-4-7-28-33-29-19(2)14-23(26-17-34-20(3)18-38-31(34)32-26)15-27(29)35(28)16-21-10-12-22(13-11-21)24-8-5-6-9-25(24)30(36)37/h5-6,8-15,17-18H,4,7,16H2,1-3H3,(H,36,37). The smallest absolute Gasteiger partial charge is 0.336 e. The number of nitrogens with zero attached hydrogens (tertiary/aromatic N) is 4. The van der Waals surface area contributed by atoms with Gasteiger partial charge < -0.3 is 9.67 Å². The largest absolute Gasteiger partial charge is 0.478 e. The molecule has 0 saturated carbocycles. The SMILES string of the molecule is CCCc1nc2c(C)cc(-c3cn4c(C)csc4n3)cc2n1Cc1ccc(-c2ccccc2C(=O)O)cc1. The van der Waals surface area contributed by atoms with E-state index < -0.39 is 5.97 Å².